The van der Waals surface area contributed by atoms with E-state index in [9.17, 15) is 9.59 Å². The summed E-state index contributed by atoms with van der Waals surface area (Å²) in [4.78, 5) is 43.6. The Morgan fingerprint density at radius 3 is 2.28 bits per heavy atom. The number of imidazole rings is 1. The number of nitrogens with one attached hydrogen (secondary N) is 2. The van der Waals surface area contributed by atoms with E-state index in [1.54, 1.807) is 11.3 Å². The number of ether oxygens (including phenoxy) is 2. The summed E-state index contributed by atoms with van der Waals surface area (Å²) in [6, 6.07) is 21.5. The molecular weight excluding hydrogens is 651 g/mol. The van der Waals surface area contributed by atoms with Gasteiger partial charge in [-0.1, -0.05) is 41.7 Å². The second kappa shape index (κ2) is 16.1. The van der Waals surface area contributed by atoms with E-state index in [0.717, 1.165) is 89.6 Å². The fraction of sp³-hybridized carbons (Fsp3) is 0.421. The first-order valence-electron chi connectivity index (χ1n) is 17.7. The number of likely N-dealkylation sites (tertiary alicyclic amines) is 1. The molecule has 11 nitrogen and oxygen atoms in total. The number of aromatic amines is 1. The van der Waals surface area contributed by atoms with Gasteiger partial charge in [-0.15, -0.1) is 0 Å². The van der Waals surface area contributed by atoms with Crippen LogP contribution in [0.2, 0.25) is 0 Å². The molecule has 3 aromatic carbocycles. The number of anilines is 1. The van der Waals surface area contributed by atoms with Crippen molar-refractivity contribution in [1.82, 2.24) is 25.2 Å². The number of nitrogens with two attached hydrogens (primary N) is 1. The number of benzene rings is 3. The number of carbonyl (C=O) groups is 2. The van der Waals surface area contributed by atoms with Crippen molar-refractivity contribution in [2.75, 3.05) is 70.6 Å². The average molecular weight is 696 g/mol. The van der Waals surface area contributed by atoms with Crippen molar-refractivity contribution < 1.29 is 19.1 Å². The number of rotatable bonds is 13. The van der Waals surface area contributed by atoms with Crippen molar-refractivity contribution in [2.24, 2.45) is 17.6 Å². The molecule has 2 fully saturated rings. The maximum Gasteiger partial charge on any atom is 0.253 e. The van der Waals surface area contributed by atoms with Crippen LogP contribution in [0.5, 0.6) is 0 Å². The maximum absolute atomic E-state index is 13.5. The van der Waals surface area contributed by atoms with Gasteiger partial charge in [-0.3, -0.25) is 9.59 Å². The third kappa shape index (κ3) is 7.99. The summed E-state index contributed by atoms with van der Waals surface area (Å²) in [5.74, 6) is 2.09. The minimum absolute atomic E-state index is 0.0989. The molecule has 12 heteroatoms. The standard InChI is InChI=1S/C38H45N7O4S/c39-14-20-48-22-23-49-21-15-40-36(46)29-6-9-32-34(25-29)50-38(43-32)45-18-12-27(13-19-45)26-10-16-44(17-11-26)37(47)30-7-8-31-33(24-30)42-35(41-31)28-4-2-1-3-5-28/h1-9,24-27H,10-23,39H2,(H,40,46)(H,41,42). The molecule has 4 heterocycles. The summed E-state index contributed by atoms with van der Waals surface area (Å²) in [6.07, 6.45) is 4.34. The first-order chi connectivity index (χ1) is 24.6. The molecule has 2 saturated heterocycles. The summed E-state index contributed by atoms with van der Waals surface area (Å²) >= 11 is 1.65. The zero-order chi connectivity index (χ0) is 34.3. The summed E-state index contributed by atoms with van der Waals surface area (Å²) in [6.45, 7) is 6.40. The smallest absolute Gasteiger partial charge is 0.253 e. The average Bonchev–Trinajstić information content (AvgIpc) is 3.80. The number of thiazole rings is 1. The predicted octanol–water partition coefficient (Wildman–Crippen LogP) is 5.33. The first-order valence-corrected chi connectivity index (χ1v) is 18.5. The molecular formula is C38H45N7O4S. The number of hydrogen-bond donors (Lipinski definition) is 3. The molecule has 2 amide bonds. The van der Waals surface area contributed by atoms with Gasteiger partial charge < -0.3 is 35.3 Å². The van der Waals surface area contributed by atoms with Gasteiger partial charge in [-0.05, 0) is 73.9 Å². The van der Waals surface area contributed by atoms with Crippen molar-refractivity contribution in [2.45, 2.75) is 25.7 Å². The van der Waals surface area contributed by atoms with Crippen LogP contribution in [-0.4, -0.2) is 97.4 Å². The summed E-state index contributed by atoms with van der Waals surface area (Å²) in [5.41, 5.74) is 10.4. The monoisotopic (exact) mass is 695 g/mol. The molecule has 0 aliphatic carbocycles. The van der Waals surface area contributed by atoms with Crippen LogP contribution in [0.3, 0.4) is 0 Å². The Labute approximate surface area is 296 Å². The largest absolute Gasteiger partial charge is 0.378 e. The lowest BCUT2D eigenvalue weighted by molar-refractivity contribution is 0.0511. The highest BCUT2D eigenvalue weighted by Crippen LogP contribution is 2.37. The molecule has 0 unspecified atom stereocenters. The zero-order valence-corrected chi connectivity index (χ0v) is 29.1. The van der Waals surface area contributed by atoms with Crippen molar-refractivity contribution >= 4 is 49.5 Å². The summed E-state index contributed by atoms with van der Waals surface area (Å²) in [5, 5.41) is 3.95. The van der Waals surface area contributed by atoms with Crippen LogP contribution >= 0.6 is 11.3 Å². The number of H-pyrrole nitrogens is 1. The number of amides is 2. The predicted molar refractivity (Wildman–Crippen MR) is 198 cm³/mol. The van der Waals surface area contributed by atoms with Crippen LogP contribution in [-0.2, 0) is 9.47 Å². The highest BCUT2D eigenvalue weighted by molar-refractivity contribution is 7.22. The summed E-state index contributed by atoms with van der Waals surface area (Å²) in [7, 11) is 0. The van der Waals surface area contributed by atoms with Gasteiger partial charge in [0.25, 0.3) is 11.8 Å². The molecule has 0 saturated carbocycles. The van der Waals surface area contributed by atoms with Gasteiger partial charge in [-0.25, -0.2) is 9.97 Å². The minimum atomic E-state index is -0.116. The number of aromatic nitrogens is 3. The number of nitrogens with zero attached hydrogens (tertiary/aromatic N) is 4. The molecule has 2 aliphatic heterocycles. The molecule has 0 radical (unpaired) electrons. The lowest BCUT2D eigenvalue weighted by Gasteiger charge is -2.40. The molecule has 0 atom stereocenters. The normalized spacial score (nSPS) is 16.0. The minimum Gasteiger partial charge on any atom is -0.378 e. The van der Waals surface area contributed by atoms with E-state index in [0.29, 0.717) is 62.5 Å². The fourth-order valence-electron chi connectivity index (χ4n) is 7.13. The fourth-order valence-corrected chi connectivity index (χ4v) is 8.18. The number of hydrogen-bond acceptors (Lipinski definition) is 9. The second-order valence-electron chi connectivity index (χ2n) is 13.1. The van der Waals surface area contributed by atoms with Crippen molar-refractivity contribution in [3.63, 3.8) is 0 Å². The van der Waals surface area contributed by atoms with E-state index >= 15 is 0 Å². The Bertz CT molecular complexity index is 1900. The van der Waals surface area contributed by atoms with Crippen LogP contribution in [0, 0.1) is 11.8 Å². The Balaban J connectivity index is 0.866. The number of carbonyl (C=O) groups excluding carboxylic acids is 2. The molecule has 7 rings (SSSR count). The topological polar surface area (TPSA) is 139 Å². The van der Waals surface area contributed by atoms with E-state index in [-0.39, 0.29) is 11.8 Å². The Hall–Kier alpha value is -4.36. The van der Waals surface area contributed by atoms with Gasteiger partial charge in [0.2, 0.25) is 0 Å². The SMILES string of the molecule is NCCOCCOCCNC(=O)c1ccc2nc(N3CCC(C4CCN(C(=O)c5ccc6nc(-c7ccccc7)[nH]c6c5)CC4)CC3)sc2c1. The van der Waals surface area contributed by atoms with E-state index in [1.807, 2.05) is 71.6 Å². The van der Waals surface area contributed by atoms with E-state index in [4.69, 9.17) is 25.2 Å². The van der Waals surface area contributed by atoms with Gasteiger partial charge in [-0.2, -0.15) is 0 Å². The van der Waals surface area contributed by atoms with Gasteiger partial charge >= 0.3 is 0 Å². The third-order valence-electron chi connectivity index (χ3n) is 9.89. The molecule has 4 N–H and O–H groups in total. The van der Waals surface area contributed by atoms with Gasteiger partial charge in [0.1, 0.15) is 5.82 Å². The number of fused-ring (bicyclic) bond motifs is 2. The molecule has 2 aliphatic rings. The van der Waals surface area contributed by atoms with Gasteiger partial charge in [0.05, 0.1) is 47.7 Å². The Morgan fingerprint density at radius 2 is 1.52 bits per heavy atom. The van der Waals surface area contributed by atoms with E-state index in [2.05, 4.69) is 15.2 Å². The van der Waals surface area contributed by atoms with Crippen LogP contribution in [0.25, 0.3) is 32.6 Å². The second-order valence-corrected chi connectivity index (χ2v) is 14.1. The van der Waals surface area contributed by atoms with Crippen LogP contribution in [0.4, 0.5) is 5.13 Å². The Morgan fingerprint density at radius 1 is 0.820 bits per heavy atom. The lowest BCUT2D eigenvalue weighted by Crippen LogP contribution is -2.42. The van der Waals surface area contributed by atoms with E-state index < -0.39 is 0 Å². The van der Waals surface area contributed by atoms with Crippen LogP contribution < -0.4 is 16.0 Å². The van der Waals surface area contributed by atoms with Gasteiger partial charge in [0.15, 0.2) is 5.13 Å². The highest BCUT2D eigenvalue weighted by atomic mass is 32.1. The Kier molecular flexibility index (Phi) is 11.0. The van der Waals surface area contributed by atoms with Crippen molar-refractivity contribution in [1.29, 1.82) is 0 Å². The molecule has 262 valence electrons. The highest BCUT2D eigenvalue weighted by Gasteiger charge is 2.32. The van der Waals surface area contributed by atoms with Crippen molar-refractivity contribution in [3.8, 4) is 11.4 Å². The number of piperidine rings is 2. The van der Waals surface area contributed by atoms with E-state index in [1.165, 1.54) is 0 Å². The molecule has 0 spiro atoms. The lowest BCUT2D eigenvalue weighted by atomic mass is 9.79. The molecule has 0 bridgehead atoms. The first kappa shape index (κ1) is 34.1. The quantitative estimate of drug-likeness (QED) is 0.141. The summed E-state index contributed by atoms with van der Waals surface area (Å²) < 4.78 is 11.8. The van der Waals surface area contributed by atoms with Crippen molar-refractivity contribution in [3.05, 3.63) is 77.9 Å². The zero-order valence-electron chi connectivity index (χ0n) is 28.3. The van der Waals surface area contributed by atoms with Crippen LogP contribution in [0.1, 0.15) is 46.4 Å². The van der Waals surface area contributed by atoms with Gasteiger partial charge in [0, 0.05) is 56.0 Å². The molecule has 5 aromatic rings. The van der Waals surface area contributed by atoms with Crippen LogP contribution in [0.15, 0.2) is 66.7 Å². The maximum atomic E-state index is 13.5. The molecule has 2 aromatic heterocycles. The third-order valence-corrected chi connectivity index (χ3v) is 11.0. The molecule has 50 heavy (non-hydrogen) atoms.